The van der Waals surface area contributed by atoms with Crippen molar-refractivity contribution in [2.24, 2.45) is 5.92 Å². The van der Waals surface area contributed by atoms with Gasteiger partial charge in [0.15, 0.2) is 5.65 Å². The van der Waals surface area contributed by atoms with Crippen molar-refractivity contribution in [1.29, 1.82) is 0 Å². The van der Waals surface area contributed by atoms with Crippen LogP contribution >= 0.6 is 0 Å². The number of rotatable bonds is 6. The number of carbonyl (C=O) groups excluding carboxylic acids is 1. The third-order valence-corrected chi connectivity index (χ3v) is 4.93. The lowest BCUT2D eigenvalue weighted by atomic mass is 10.1. The van der Waals surface area contributed by atoms with Crippen LogP contribution < -0.4 is 0 Å². The summed E-state index contributed by atoms with van der Waals surface area (Å²) in [5.74, 6) is 0.697. The first-order valence-electron chi connectivity index (χ1n) is 9.43. The summed E-state index contributed by atoms with van der Waals surface area (Å²) < 4.78 is 1.92. The van der Waals surface area contributed by atoms with Gasteiger partial charge in [-0.15, -0.1) is 0 Å². The van der Waals surface area contributed by atoms with Gasteiger partial charge in [0.05, 0.1) is 5.52 Å². The van der Waals surface area contributed by atoms with Crippen molar-refractivity contribution in [3.05, 3.63) is 41.2 Å². The summed E-state index contributed by atoms with van der Waals surface area (Å²) in [5, 5.41) is 5.76. The van der Waals surface area contributed by atoms with Crippen LogP contribution in [0.1, 0.15) is 44.1 Å². The number of aromatic nitrogens is 3. The molecule has 0 spiro atoms. The summed E-state index contributed by atoms with van der Waals surface area (Å²) in [4.78, 5) is 19.3. The number of aryl methyl sites for hydroxylation is 2. The normalized spacial score (nSPS) is 11.6. The second-order valence-electron chi connectivity index (χ2n) is 7.34. The van der Waals surface area contributed by atoms with E-state index in [-0.39, 0.29) is 5.91 Å². The molecule has 0 radical (unpaired) electrons. The van der Waals surface area contributed by atoms with Gasteiger partial charge in [-0.05, 0) is 50.8 Å². The zero-order chi connectivity index (χ0) is 18.8. The molecule has 0 aliphatic heterocycles. The van der Waals surface area contributed by atoms with Gasteiger partial charge >= 0.3 is 0 Å². The van der Waals surface area contributed by atoms with E-state index >= 15 is 0 Å². The Balaban J connectivity index is 1.88. The Bertz CT molecular complexity index is 942. The van der Waals surface area contributed by atoms with Crippen molar-refractivity contribution in [2.45, 2.75) is 47.5 Å². The van der Waals surface area contributed by atoms with E-state index < -0.39 is 0 Å². The van der Waals surface area contributed by atoms with E-state index in [0.717, 1.165) is 46.6 Å². The molecule has 0 bridgehead atoms. The highest BCUT2D eigenvalue weighted by molar-refractivity contribution is 5.92. The Hall–Kier alpha value is -2.43. The fourth-order valence-corrected chi connectivity index (χ4v) is 3.58. The largest absolute Gasteiger partial charge is 0.343 e. The molecule has 0 saturated heterocycles. The molecule has 0 aliphatic rings. The van der Waals surface area contributed by atoms with Crippen molar-refractivity contribution in [1.82, 2.24) is 19.5 Å². The first-order valence-corrected chi connectivity index (χ1v) is 9.43. The smallest absolute Gasteiger partial charge is 0.222 e. The molecule has 0 aliphatic carbocycles. The molecule has 5 nitrogen and oxygen atoms in total. The van der Waals surface area contributed by atoms with E-state index in [0.29, 0.717) is 18.8 Å². The van der Waals surface area contributed by atoms with Crippen LogP contribution in [0, 0.1) is 19.8 Å². The van der Waals surface area contributed by atoms with Gasteiger partial charge in [-0.3, -0.25) is 4.79 Å². The van der Waals surface area contributed by atoms with Crippen LogP contribution in [-0.2, 0) is 11.2 Å². The number of carbonyl (C=O) groups is 1. The molecule has 1 aromatic carbocycles. The second-order valence-corrected chi connectivity index (χ2v) is 7.34. The third-order valence-electron chi connectivity index (χ3n) is 4.93. The van der Waals surface area contributed by atoms with E-state index in [4.69, 9.17) is 10.1 Å². The molecule has 2 aromatic heterocycles. The Kier molecular flexibility index (Phi) is 5.25. The van der Waals surface area contributed by atoms with Crippen LogP contribution in [0.3, 0.4) is 0 Å². The number of benzene rings is 1. The van der Waals surface area contributed by atoms with E-state index in [1.54, 1.807) is 0 Å². The molecule has 0 saturated carbocycles. The van der Waals surface area contributed by atoms with Crippen molar-refractivity contribution >= 4 is 22.5 Å². The average Bonchev–Trinajstić information content (AvgIpc) is 2.98. The van der Waals surface area contributed by atoms with Crippen LogP contribution in [-0.4, -0.2) is 38.5 Å². The third kappa shape index (κ3) is 3.43. The lowest BCUT2D eigenvalue weighted by molar-refractivity contribution is -0.131. The zero-order valence-electron chi connectivity index (χ0n) is 16.4. The van der Waals surface area contributed by atoms with Gasteiger partial charge in [0.25, 0.3) is 0 Å². The molecular formula is C21H28N4O. The minimum atomic E-state index is 0.214. The SMILES string of the molecule is CCN(CC(C)C)C(=O)CCc1c(C)nc2c3ccccc3nn2c1C. The average molecular weight is 352 g/mol. The number of nitrogens with zero attached hydrogens (tertiary/aromatic N) is 4. The van der Waals surface area contributed by atoms with E-state index in [1.807, 2.05) is 41.5 Å². The summed E-state index contributed by atoms with van der Waals surface area (Å²) in [6, 6.07) is 8.06. The summed E-state index contributed by atoms with van der Waals surface area (Å²) in [6.45, 7) is 12.0. The molecule has 2 heterocycles. The maximum absolute atomic E-state index is 12.6. The number of fused-ring (bicyclic) bond motifs is 3. The molecule has 0 unspecified atom stereocenters. The van der Waals surface area contributed by atoms with Gasteiger partial charge in [-0.2, -0.15) is 5.10 Å². The summed E-state index contributed by atoms with van der Waals surface area (Å²) in [7, 11) is 0. The minimum absolute atomic E-state index is 0.214. The topological polar surface area (TPSA) is 50.5 Å². The first-order chi connectivity index (χ1) is 12.4. The standard InChI is InChI=1S/C21H28N4O/c1-6-24(13-14(2)3)20(26)12-11-17-15(4)22-21-18-9-7-8-10-19(18)23-25(21)16(17)5/h7-10,14H,6,11-13H2,1-5H3. The van der Waals surface area contributed by atoms with Crippen LogP contribution in [0.25, 0.3) is 16.6 Å². The predicted molar refractivity (Wildman–Crippen MR) is 105 cm³/mol. The highest BCUT2D eigenvalue weighted by Crippen LogP contribution is 2.23. The Morgan fingerprint density at radius 1 is 1.23 bits per heavy atom. The Morgan fingerprint density at radius 2 is 1.96 bits per heavy atom. The van der Waals surface area contributed by atoms with Gasteiger partial charge < -0.3 is 4.90 Å². The highest BCUT2D eigenvalue weighted by Gasteiger charge is 2.17. The summed E-state index contributed by atoms with van der Waals surface area (Å²) in [5.41, 5.74) is 5.02. The molecule has 26 heavy (non-hydrogen) atoms. The lowest BCUT2D eigenvalue weighted by Crippen LogP contribution is -2.34. The Morgan fingerprint density at radius 3 is 2.65 bits per heavy atom. The maximum Gasteiger partial charge on any atom is 0.222 e. The monoisotopic (exact) mass is 352 g/mol. The van der Waals surface area contributed by atoms with Crippen LogP contribution in [0.2, 0.25) is 0 Å². The quantitative estimate of drug-likeness (QED) is 0.675. The van der Waals surface area contributed by atoms with Crippen LogP contribution in [0.15, 0.2) is 24.3 Å². The van der Waals surface area contributed by atoms with Gasteiger partial charge in [0.2, 0.25) is 5.91 Å². The summed E-state index contributed by atoms with van der Waals surface area (Å²) >= 11 is 0. The van der Waals surface area contributed by atoms with Gasteiger partial charge in [0, 0.05) is 36.3 Å². The molecule has 0 atom stereocenters. The molecule has 5 heteroatoms. The molecule has 138 valence electrons. The van der Waals surface area contributed by atoms with E-state index in [1.165, 1.54) is 0 Å². The first kappa shape index (κ1) is 18.4. The van der Waals surface area contributed by atoms with Crippen molar-refractivity contribution in [2.75, 3.05) is 13.1 Å². The number of hydrogen-bond acceptors (Lipinski definition) is 3. The van der Waals surface area contributed by atoms with Crippen molar-refractivity contribution in [3.63, 3.8) is 0 Å². The maximum atomic E-state index is 12.6. The molecule has 3 aromatic rings. The van der Waals surface area contributed by atoms with Gasteiger partial charge in [-0.25, -0.2) is 9.50 Å². The minimum Gasteiger partial charge on any atom is -0.343 e. The molecular weight excluding hydrogens is 324 g/mol. The van der Waals surface area contributed by atoms with E-state index in [9.17, 15) is 4.79 Å². The predicted octanol–water partition coefficient (Wildman–Crippen LogP) is 3.94. The summed E-state index contributed by atoms with van der Waals surface area (Å²) in [6.07, 6.45) is 1.21. The number of amides is 1. The van der Waals surface area contributed by atoms with Crippen LogP contribution in [0.5, 0.6) is 0 Å². The molecule has 0 fully saturated rings. The molecule has 3 rings (SSSR count). The van der Waals surface area contributed by atoms with Crippen molar-refractivity contribution < 1.29 is 4.79 Å². The van der Waals surface area contributed by atoms with E-state index in [2.05, 4.69) is 26.8 Å². The fourth-order valence-electron chi connectivity index (χ4n) is 3.58. The lowest BCUT2D eigenvalue weighted by Gasteiger charge is -2.23. The van der Waals surface area contributed by atoms with Gasteiger partial charge in [0.1, 0.15) is 0 Å². The Labute approximate surface area is 155 Å². The second kappa shape index (κ2) is 7.44. The molecule has 1 amide bonds. The molecule has 0 N–H and O–H groups in total. The highest BCUT2D eigenvalue weighted by atomic mass is 16.2. The van der Waals surface area contributed by atoms with Gasteiger partial charge in [-0.1, -0.05) is 26.0 Å². The fraction of sp³-hybridized carbons (Fsp3) is 0.476. The van der Waals surface area contributed by atoms with Crippen LogP contribution in [0.4, 0.5) is 0 Å². The number of hydrogen-bond donors (Lipinski definition) is 0. The van der Waals surface area contributed by atoms with Crippen molar-refractivity contribution in [3.8, 4) is 0 Å². The zero-order valence-corrected chi connectivity index (χ0v) is 16.4.